The Morgan fingerprint density at radius 2 is 2.14 bits per heavy atom. The van der Waals surface area contributed by atoms with Crippen molar-refractivity contribution in [1.29, 1.82) is 0 Å². The van der Waals surface area contributed by atoms with Gasteiger partial charge in [-0.2, -0.15) is 4.31 Å². The van der Waals surface area contributed by atoms with Crippen LogP contribution in [0.1, 0.15) is 42.9 Å². The molecule has 0 aromatic carbocycles. The Balaban J connectivity index is 1.55. The molecule has 2 fully saturated rings. The summed E-state index contributed by atoms with van der Waals surface area (Å²) in [6, 6.07) is 3.75. The maximum Gasteiger partial charge on any atom is 0.248 e. The fourth-order valence-electron chi connectivity index (χ4n) is 3.39. The molecule has 1 saturated heterocycles. The Bertz CT molecular complexity index is 973. The highest BCUT2D eigenvalue weighted by Gasteiger charge is 2.37. The number of aromatic nitrogens is 1. The maximum atomic E-state index is 13.3. The summed E-state index contributed by atoms with van der Waals surface area (Å²) < 4.78 is 38.4. The number of furan rings is 1. The van der Waals surface area contributed by atoms with Gasteiger partial charge in [-0.15, -0.1) is 0 Å². The van der Waals surface area contributed by atoms with Crippen LogP contribution in [0, 0.1) is 12.8 Å². The third-order valence-electron chi connectivity index (χ3n) is 5.05. The van der Waals surface area contributed by atoms with Gasteiger partial charge in [0.25, 0.3) is 0 Å². The second kappa shape index (κ2) is 7.56. The standard InChI is InChI=1S/C19H23N3O5S/c1-13-18(17(27-21-13)9-8-16-5-3-11-26-16)28(24,25)22-10-2-4-14(12-22)19(23)20-15-6-7-15/h3,5,8-9,11,14-15H,2,4,6-7,10,12H2,1H3,(H,20,23)/b9-8+/t14-/m1/s1. The van der Waals surface area contributed by atoms with Crippen molar-refractivity contribution in [2.75, 3.05) is 13.1 Å². The van der Waals surface area contributed by atoms with E-state index in [1.807, 2.05) is 0 Å². The highest BCUT2D eigenvalue weighted by atomic mass is 32.2. The molecule has 1 atom stereocenters. The van der Waals surface area contributed by atoms with E-state index < -0.39 is 10.0 Å². The molecule has 0 bridgehead atoms. The highest BCUT2D eigenvalue weighted by Crippen LogP contribution is 2.30. The third-order valence-corrected chi connectivity index (χ3v) is 7.08. The first-order valence-electron chi connectivity index (χ1n) is 9.43. The minimum absolute atomic E-state index is 0.0403. The minimum atomic E-state index is -3.84. The molecule has 1 saturated carbocycles. The van der Waals surface area contributed by atoms with Gasteiger partial charge in [-0.1, -0.05) is 5.16 Å². The lowest BCUT2D eigenvalue weighted by Crippen LogP contribution is -2.46. The average Bonchev–Trinajstić information content (AvgIpc) is 3.18. The molecule has 2 aromatic heterocycles. The normalized spacial score (nSPS) is 21.2. The molecule has 28 heavy (non-hydrogen) atoms. The van der Waals surface area contributed by atoms with Gasteiger partial charge in [0, 0.05) is 19.1 Å². The van der Waals surface area contributed by atoms with Crippen LogP contribution in [0.25, 0.3) is 12.2 Å². The molecule has 0 radical (unpaired) electrons. The van der Waals surface area contributed by atoms with Crippen molar-refractivity contribution in [1.82, 2.24) is 14.8 Å². The van der Waals surface area contributed by atoms with E-state index >= 15 is 0 Å². The highest BCUT2D eigenvalue weighted by molar-refractivity contribution is 7.89. The molecule has 150 valence electrons. The van der Waals surface area contributed by atoms with Crippen molar-refractivity contribution in [3.05, 3.63) is 35.6 Å². The predicted molar refractivity (Wildman–Crippen MR) is 102 cm³/mol. The van der Waals surface area contributed by atoms with E-state index in [4.69, 9.17) is 8.94 Å². The SMILES string of the molecule is Cc1noc(/C=C/c2ccco2)c1S(=O)(=O)N1CCC[C@@H](C(=O)NC2CC2)C1. The lowest BCUT2D eigenvalue weighted by Gasteiger charge is -2.31. The lowest BCUT2D eigenvalue weighted by molar-refractivity contribution is -0.126. The number of carbonyl (C=O) groups is 1. The number of aryl methyl sites for hydroxylation is 1. The summed E-state index contributed by atoms with van der Waals surface area (Å²) in [5.74, 6) is 0.347. The summed E-state index contributed by atoms with van der Waals surface area (Å²) in [4.78, 5) is 12.4. The number of carbonyl (C=O) groups excluding carboxylic acids is 1. The Morgan fingerprint density at radius 1 is 1.32 bits per heavy atom. The molecule has 1 amide bonds. The van der Waals surface area contributed by atoms with Gasteiger partial charge in [0.1, 0.15) is 11.5 Å². The second-order valence-corrected chi connectivity index (χ2v) is 9.17. The molecule has 1 aliphatic heterocycles. The van der Waals surface area contributed by atoms with Gasteiger partial charge in [-0.3, -0.25) is 4.79 Å². The molecule has 0 spiro atoms. The molecule has 2 aromatic rings. The zero-order chi connectivity index (χ0) is 19.7. The van der Waals surface area contributed by atoms with Gasteiger partial charge in [-0.25, -0.2) is 8.42 Å². The van der Waals surface area contributed by atoms with Crippen LogP contribution in [0.3, 0.4) is 0 Å². The molecule has 8 nitrogen and oxygen atoms in total. The van der Waals surface area contributed by atoms with E-state index in [0.29, 0.717) is 30.8 Å². The second-order valence-electron chi connectivity index (χ2n) is 7.30. The molecular weight excluding hydrogens is 382 g/mol. The molecule has 1 aliphatic carbocycles. The van der Waals surface area contributed by atoms with Gasteiger partial charge in [0.15, 0.2) is 10.7 Å². The summed E-state index contributed by atoms with van der Waals surface area (Å²) in [6.45, 7) is 2.15. The van der Waals surface area contributed by atoms with Gasteiger partial charge in [0.2, 0.25) is 15.9 Å². The quantitative estimate of drug-likeness (QED) is 0.791. The number of sulfonamides is 1. The zero-order valence-corrected chi connectivity index (χ0v) is 16.4. The van der Waals surface area contributed by atoms with Gasteiger partial charge >= 0.3 is 0 Å². The first-order valence-corrected chi connectivity index (χ1v) is 10.9. The number of piperidine rings is 1. The molecule has 3 heterocycles. The largest absolute Gasteiger partial charge is 0.465 e. The molecule has 2 aliphatic rings. The minimum Gasteiger partial charge on any atom is -0.465 e. The van der Waals surface area contributed by atoms with Crippen LogP contribution in [-0.2, 0) is 14.8 Å². The number of hydrogen-bond acceptors (Lipinski definition) is 6. The van der Waals surface area contributed by atoms with E-state index in [9.17, 15) is 13.2 Å². The van der Waals surface area contributed by atoms with Gasteiger partial charge in [0.05, 0.1) is 12.2 Å². The number of rotatable bonds is 6. The smallest absolute Gasteiger partial charge is 0.248 e. The van der Waals surface area contributed by atoms with Crippen LogP contribution in [0.5, 0.6) is 0 Å². The molecule has 4 rings (SSSR count). The van der Waals surface area contributed by atoms with E-state index in [0.717, 1.165) is 12.8 Å². The van der Waals surface area contributed by atoms with Gasteiger partial charge in [-0.05, 0) is 56.9 Å². The van der Waals surface area contributed by atoms with Crippen LogP contribution < -0.4 is 5.32 Å². The zero-order valence-electron chi connectivity index (χ0n) is 15.6. The van der Waals surface area contributed by atoms with Crippen molar-refractivity contribution in [2.45, 2.75) is 43.5 Å². The van der Waals surface area contributed by atoms with Crippen molar-refractivity contribution >= 4 is 28.1 Å². The van der Waals surface area contributed by atoms with Crippen molar-refractivity contribution in [2.24, 2.45) is 5.92 Å². The summed E-state index contributed by atoms with van der Waals surface area (Å²) in [7, 11) is -3.84. The van der Waals surface area contributed by atoms with Crippen molar-refractivity contribution in [3.63, 3.8) is 0 Å². The molecule has 9 heteroatoms. The van der Waals surface area contributed by atoms with Crippen LogP contribution in [0.2, 0.25) is 0 Å². The average molecular weight is 405 g/mol. The first-order chi connectivity index (χ1) is 13.4. The molecular formula is C19H23N3O5S. The Hall–Kier alpha value is -2.39. The van der Waals surface area contributed by atoms with E-state index in [1.165, 1.54) is 16.6 Å². The fourth-order valence-corrected chi connectivity index (χ4v) is 5.17. The van der Waals surface area contributed by atoms with Crippen molar-refractivity contribution in [3.8, 4) is 0 Å². The van der Waals surface area contributed by atoms with Crippen LogP contribution in [0.4, 0.5) is 0 Å². The molecule has 0 unspecified atom stereocenters. The summed E-state index contributed by atoms with van der Waals surface area (Å²) >= 11 is 0. The first kappa shape index (κ1) is 18.9. The summed E-state index contributed by atoms with van der Waals surface area (Å²) in [5, 5.41) is 6.81. The topological polar surface area (TPSA) is 106 Å². The Labute approximate surface area is 163 Å². The number of amides is 1. The van der Waals surface area contributed by atoms with E-state index in [2.05, 4.69) is 10.5 Å². The number of hydrogen-bond donors (Lipinski definition) is 1. The van der Waals surface area contributed by atoms with Gasteiger partial charge < -0.3 is 14.3 Å². The lowest BCUT2D eigenvalue weighted by atomic mass is 9.99. The summed E-state index contributed by atoms with van der Waals surface area (Å²) in [5.41, 5.74) is 0.295. The molecule has 1 N–H and O–H groups in total. The van der Waals surface area contributed by atoms with Crippen LogP contribution in [-0.4, -0.2) is 42.9 Å². The van der Waals surface area contributed by atoms with Crippen LogP contribution in [0.15, 0.2) is 32.2 Å². The fraction of sp³-hybridized carbons (Fsp3) is 0.474. The van der Waals surface area contributed by atoms with Crippen molar-refractivity contribution < 1.29 is 22.2 Å². The number of nitrogens with zero attached hydrogens (tertiary/aromatic N) is 2. The number of nitrogens with one attached hydrogen (secondary N) is 1. The van der Waals surface area contributed by atoms with Crippen LogP contribution >= 0.6 is 0 Å². The predicted octanol–water partition coefficient (Wildman–Crippen LogP) is 2.43. The van der Waals surface area contributed by atoms with E-state index in [1.54, 1.807) is 25.1 Å². The Kier molecular flexibility index (Phi) is 5.11. The third kappa shape index (κ3) is 3.90. The Morgan fingerprint density at radius 3 is 2.86 bits per heavy atom. The summed E-state index contributed by atoms with van der Waals surface area (Å²) in [6.07, 6.45) is 8.04. The van der Waals surface area contributed by atoms with E-state index in [-0.39, 0.29) is 35.1 Å². The monoisotopic (exact) mass is 405 g/mol. The maximum absolute atomic E-state index is 13.3.